The Morgan fingerprint density at radius 3 is 2.71 bits per heavy atom. The molecule has 1 aromatic carbocycles. The Labute approximate surface area is 204 Å². The van der Waals surface area contributed by atoms with Gasteiger partial charge in [-0.2, -0.15) is 5.10 Å². The zero-order valence-corrected chi connectivity index (χ0v) is 21.0. The first-order valence-electron chi connectivity index (χ1n) is 12.8. The highest BCUT2D eigenvalue weighted by Gasteiger charge is 2.31. The average Bonchev–Trinajstić information content (AvgIpc) is 3.26. The van der Waals surface area contributed by atoms with Crippen molar-refractivity contribution in [3.63, 3.8) is 0 Å². The van der Waals surface area contributed by atoms with Crippen molar-refractivity contribution >= 4 is 11.5 Å². The SMILES string of the molecule is CCCN(CCC)C1=NC(C)(OCCN2CCOCC2)NC(N/N=C2\CCc3ccccc32)=C1. The molecule has 2 heterocycles. The minimum absolute atomic E-state index is 0.594. The lowest BCUT2D eigenvalue weighted by atomic mass is 10.1. The van der Waals surface area contributed by atoms with Crippen molar-refractivity contribution in [1.82, 2.24) is 20.5 Å². The van der Waals surface area contributed by atoms with Gasteiger partial charge < -0.3 is 19.7 Å². The molecule has 1 aromatic rings. The largest absolute Gasteiger partial charge is 0.379 e. The molecule has 8 heteroatoms. The lowest BCUT2D eigenvalue weighted by Gasteiger charge is -2.36. The second-order valence-electron chi connectivity index (χ2n) is 9.25. The van der Waals surface area contributed by atoms with E-state index in [1.54, 1.807) is 0 Å². The number of morpholine rings is 1. The fraction of sp³-hybridized carbons (Fsp3) is 0.615. The van der Waals surface area contributed by atoms with Crippen LogP contribution in [0.25, 0.3) is 0 Å². The van der Waals surface area contributed by atoms with Crippen molar-refractivity contribution in [3.05, 3.63) is 47.3 Å². The number of hydrogen-bond donors (Lipinski definition) is 2. The van der Waals surface area contributed by atoms with Gasteiger partial charge in [0.25, 0.3) is 0 Å². The van der Waals surface area contributed by atoms with Crippen LogP contribution < -0.4 is 10.7 Å². The van der Waals surface area contributed by atoms with Gasteiger partial charge in [0.05, 0.1) is 25.5 Å². The third-order valence-electron chi connectivity index (χ3n) is 6.44. The summed E-state index contributed by atoms with van der Waals surface area (Å²) in [6.45, 7) is 13.3. The van der Waals surface area contributed by atoms with Crippen LogP contribution in [0.2, 0.25) is 0 Å². The summed E-state index contributed by atoms with van der Waals surface area (Å²) in [6, 6.07) is 8.52. The van der Waals surface area contributed by atoms with Crippen molar-refractivity contribution in [2.45, 2.75) is 52.3 Å². The molecule has 0 amide bonds. The highest BCUT2D eigenvalue weighted by Crippen LogP contribution is 2.22. The van der Waals surface area contributed by atoms with Gasteiger partial charge in [-0.1, -0.05) is 38.1 Å². The van der Waals surface area contributed by atoms with Crippen LogP contribution in [-0.2, 0) is 15.9 Å². The average molecular weight is 469 g/mol. The molecule has 186 valence electrons. The van der Waals surface area contributed by atoms with E-state index in [9.17, 15) is 0 Å². The molecule has 0 radical (unpaired) electrons. The van der Waals surface area contributed by atoms with Crippen LogP contribution in [0.1, 0.15) is 51.2 Å². The molecule has 1 atom stereocenters. The third kappa shape index (κ3) is 6.37. The van der Waals surface area contributed by atoms with Crippen molar-refractivity contribution < 1.29 is 9.47 Å². The van der Waals surface area contributed by atoms with Gasteiger partial charge in [0, 0.05) is 51.3 Å². The Morgan fingerprint density at radius 2 is 1.94 bits per heavy atom. The van der Waals surface area contributed by atoms with E-state index in [4.69, 9.17) is 19.6 Å². The molecule has 1 unspecified atom stereocenters. The van der Waals surface area contributed by atoms with E-state index in [1.807, 2.05) is 6.92 Å². The number of rotatable bonds is 10. The lowest BCUT2D eigenvalue weighted by molar-refractivity contribution is -0.0609. The standard InChI is InChI=1S/C26H40N6O2/c1-4-12-32(13-5-2)25-20-24(30-29-23-11-10-21-8-6-7-9-22(21)23)27-26(3,28-25)34-19-16-31-14-17-33-18-15-31/h6-9,20,27,30H,4-5,10-19H2,1-3H3/b29-23+. The van der Waals surface area contributed by atoms with E-state index in [2.05, 4.69) is 64.7 Å². The quantitative estimate of drug-likeness (QED) is 0.515. The number of hydrogen-bond acceptors (Lipinski definition) is 8. The molecule has 1 aliphatic carbocycles. The Bertz CT molecular complexity index is 902. The number of nitrogens with one attached hydrogen (secondary N) is 2. The van der Waals surface area contributed by atoms with Gasteiger partial charge >= 0.3 is 0 Å². The molecule has 0 saturated carbocycles. The number of amidine groups is 1. The van der Waals surface area contributed by atoms with Gasteiger partial charge in [-0.05, 0) is 31.2 Å². The Hall–Kier alpha value is -2.42. The van der Waals surface area contributed by atoms with E-state index in [-0.39, 0.29) is 0 Å². The van der Waals surface area contributed by atoms with Crippen molar-refractivity contribution in [3.8, 4) is 0 Å². The first-order chi connectivity index (χ1) is 16.6. The maximum absolute atomic E-state index is 6.33. The van der Waals surface area contributed by atoms with Crippen LogP contribution in [0.3, 0.4) is 0 Å². The van der Waals surface area contributed by atoms with Gasteiger partial charge in [0.1, 0.15) is 11.7 Å². The number of aryl methyl sites for hydroxylation is 1. The van der Waals surface area contributed by atoms with Gasteiger partial charge in [-0.15, -0.1) is 0 Å². The lowest BCUT2D eigenvalue weighted by Crippen LogP contribution is -2.51. The van der Waals surface area contributed by atoms with E-state index in [0.717, 1.165) is 89.0 Å². The monoisotopic (exact) mass is 468 g/mol. The third-order valence-corrected chi connectivity index (χ3v) is 6.44. The number of fused-ring (bicyclic) bond motifs is 1. The highest BCUT2D eigenvalue weighted by molar-refractivity contribution is 6.04. The van der Waals surface area contributed by atoms with Gasteiger partial charge in [0.15, 0.2) is 0 Å². The minimum Gasteiger partial charge on any atom is -0.379 e. The maximum atomic E-state index is 6.33. The summed E-state index contributed by atoms with van der Waals surface area (Å²) < 4.78 is 11.8. The van der Waals surface area contributed by atoms with Crippen LogP contribution in [0, 0.1) is 0 Å². The molecule has 1 fully saturated rings. The Morgan fingerprint density at radius 1 is 1.18 bits per heavy atom. The van der Waals surface area contributed by atoms with Gasteiger partial charge in [-0.3, -0.25) is 10.3 Å². The van der Waals surface area contributed by atoms with Crippen LogP contribution in [-0.4, -0.2) is 79.7 Å². The highest BCUT2D eigenvalue weighted by atomic mass is 16.5. The van der Waals surface area contributed by atoms with Gasteiger partial charge in [-0.25, -0.2) is 4.99 Å². The smallest absolute Gasteiger partial charge is 0.236 e. The molecule has 1 saturated heterocycles. The molecule has 0 spiro atoms. The summed E-state index contributed by atoms with van der Waals surface area (Å²) in [6.07, 6.45) is 6.18. The summed E-state index contributed by atoms with van der Waals surface area (Å²) >= 11 is 0. The number of nitrogens with zero attached hydrogens (tertiary/aromatic N) is 4. The van der Waals surface area contributed by atoms with Crippen LogP contribution in [0.5, 0.6) is 0 Å². The van der Waals surface area contributed by atoms with E-state index in [0.29, 0.717) is 6.61 Å². The Balaban J connectivity index is 1.48. The predicted octanol–water partition coefficient (Wildman–Crippen LogP) is 2.91. The maximum Gasteiger partial charge on any atom is 0.236 e. The second kappa shape index (κ2) is 11.8. The Kier molecular flexibility index (Phi) is 8.59. The zero-order valence-electron chi connectivity index (χ0n) is 21.0. The van der Waals surface area contributed by atoms with Crippen molar-refractivity contribution in [1.29, 1.82) is 0 Å². The summed E-state index contributed by atoms with van der Waals surface area (Å²) in [5.41, 5.74) is 6.99. The summed E-state index contributed by atoms with van der Waals surface area (Å²) in [5.74, 6) is 0.894. The number of hydrazone groups is 1. The number of benzene rings is 1. The molecule has 0 aromatic heterocycles. The fourth-order valence-corrected chi connectivity index (χ4v) is 4.71. The summed E-state index contributed by atoms with van der Waals surface area (Å²) in [7, 11) is 0. The number of ether oxygens (including phenoxy) is 2. The predicted molar refractivity (Wildman–Crippen MR) is 137 cm³/mol. The van der Waals surface area contributed by atoms with Crippen molar-refractivity contribution in [2.75, 3.05) is 52.5 Å². The van der Waals surface area contributed by atoms with Crippen LogP contribution in [0.15, 0.2) is 46.3 Å². The van der Waals surface area contributed by atoms with E-state index < -0.39 is 5.85 Å². The second-order valence-corrected chi connectivity index (χ2v) is 9.25. The minimum atomic E-state index is -0.855. The fourth-order valence-electron chi connectivity index (χ4n) is 4.71. The zero-order chi connectivity index (χ0) is 23.8. The molecule has 8 nitrogen and oxygen atoms in total. The van der Waals surface area contributed by atoms with Crippen molar-refractivity contribution in [2.24, 2.45) is 10.1 Å². The molecular weight excluding hydrogens is 428 g/mol. The first-order valence-corrected chi connectivity index (χ1v) is 12.8. The molecule has 2 N–H and O–H groups in total. The number of aliphatic imine (C=N–C) groups is 1. The van der Waals surface area contributed by atoms with E-state index >= 15 is 0 Å². The summed E-state index contributed by atoms with van der Waals surface area (Å²) in [4.78, 5) is 9.71. The molecule has 34 heavy (non-hydrogen) atoms. The molecular formula is C26H40N6O2. The molecule has 4 rings (SSSR count). The van der Waals surface area contributed by atoms with E-state index in [1.165, 1.54) is 11.1 Å². The molecule has 0 bridgehead atoms. The summed E-state index contributed by atoms with van der Waals surface area (Å²) in [5, 5.41) is 8.23. The first kappa shape index (κ1) is 24.7. The molecule has 3 aliphatic rings. The van der Waals surface area contributed by atoms with Crippen LogP contribution in [0.4, 0.5) is 0 Å². The van der Waals surface area contributed by atoms with Crippen LogP contribution >= 0.6 is 0 Å². The normalized spacial score (nSPS) is 23.8. The molecule has 2 aliphatic heterocycles. The van der Waals surface area contributed by atoms with Gasteiger partial charge in [0.2, 0.25) is 5.85 Å². The topological polar surface area (TPSA) is 73.7 Å².